The second kappa shape index (κ2) is 4.65. The maximum absolute atomic E-state index is 10.9. The summed E-state index contributed by atoms with van der Waals surface area (Å²) in [6, 6.07) is 6.12. The Hall–Kier alpha value is -1.71. The highest BCUT2D eigenvalue weighted by Crippen LogP contribution is 2.34. The topological polar surface area (TPSA) is 43.8 Å². The lowest BCUT2D eigenvalue weighted by Gasteiger charge is -2.26. The molecule has 0 bridgehead atoms. The highest BCUT2D eigenvalue weighted by Gasteiger charge is 2.21. The van der Waals surface area contributed by atoms with Gasteiger partial charge in [0, 0.05) is 20.1 Å². The van der Waals surface area contributed by atoms with Gasteiger partial charge in [0.25, 0.3) is 0 Å². The molecule has 1 N–H and O–H groups in total. The van der Waals surface area contributed by atoms with E-state index >= 15 is 0 Å². The molecule has 4 nitrogen and oxygen atoms in total. The zero-order valence-electron chi connectivity index (χ0n) is 10.3. The quantitative estimate of drug-likeness (QED) is 0.846. The summed E-state index contributed by atoms with van der Waals surface area (Å²) in [6.45, 7) is 3.87. The van der Waals surface area contributed by atoms with Gasteiger partial charge in [-0.3, -0.25) is 4.79 Å². The second-order valence-corrected chi connectivity index (χ2v) is 4.53. The zero-order chi connectivity index (χ0) is 12.4. The summed E-state index contributed by atoms with van der Waals surface area (Å²) in [4.78, 5) is 15.1. The Labute approximate surface area is 101 Å². The van der Waals surface area contributed by atoms with Gasteiger partial charge in [-0.1, -0.05) is 12.1 Å². The molecule has 1 heterocycles. The van der Waals surface area contributed by atoms with Crippen LogP contribution < -0.4 is 9.80 Å². The van der Waals surface area contributed by atoms with Crippen molar-refractivity contribution in [1.82, 2.24) is 0 Å². The van der Waals surface area contributed by atoms with Crippen molar-refractivity contribution in [3.63, 3.8) is 0 Å². The van der Waals surface area contributed by atoms with Crippen LogP contribution in [-0.2, 0) is 4.79 Å². The van der Waals surface area contributed by atoms with Gasteiger partial charge in [-0.2, -0.15) is 0 Å². The number of carboxylic acids is 1. The molecule has 1 aromatic carbocycles. The lowest BCUT2D eigenvalue weighted by Crippen LogP contribution is -2.30. The number of anilines is 2. The molecule has 1 aliphatic rings. The molecule has 0 saturated heterocycles. The van der Waals surface area contributed by atoms with Crippen LogP contribution in [0, 0.1) is 6.92 Å². The largest absolute Gasteiger partial charge is 0.480 e. The van der Waals surface area contributed by atoms with E-state index < -0.39 is 5.97 Å². The first-order valence-corrected chi connectivity index (χ1v) is 5.87. The van der Waals surface area contributed by atoms with Gasteiger partial charge in [0.15, 0.2) is 0 Å². The Kier molecular flexibility index (Phi) is 3.22. The molecule has 1 aromatic rings. The van der Waals surface area contributed by atoms with Gasteiger partial charge in [0.2, 0.25) is 0 Å². The van der Waals surface area contributed by atoms with Crippen LogP contribution in [0.25, 0.3) is 0 Å². The van der Waals surface area contributed by atoms with Gasteiger partial charge in [-0.25, -0.2) is 0 Å². The fourth-order valence-corrected chi connectivity index (χ4v) is 2.42. The first-order chi connectivity index (χ1) is 8.09. The second-order valence-electron chi connectivity index (χ2n) is 4.53. The van der Waals surface area contributed by atoms with E-state index in [4.69, 9.17) is 5.11 Å². The van der Waals surface area contributed by atoms with Gasteiger partial charge in [-0.15, -0.1) is 0 Å². The normalized spacial score (nSPS) is 15.4. The van der Waals surface area contributed by atoms with Gasteiger partial charge < -0.3 is 14.9 Å². The van der Waals surface area contributed by atoms with Gasteiger partial charge in [0.1, 0.15) is 6.54 Å². The number of rotatable bonds is 2. The van der Waals surface area contributed by atoms with Crippen molar-refractivity contribution in [2.45, 2.75) is 13.3 Å². The van der Waals surface area contributed by atoms with Crippen LogP contribution in [0.2, 0.25) is 0 Å². The molecule has 0 saturated carbocycles. The Bertz CT molecular complexity index is 431. The standard InChI is InChI=1S/C13H18N2O2/c1-10-5-3-6-11-13(10)15(9-12(16)17)8-4-7-14(11)2/h3,5-6H,4,7-9H2,1-2H3,(H,16,17). The number of carbonyl (C=O) groups is 1. The van der Waals surface area contributed by atoms with Crippen molar-refractivity contribution < 1.29 is 9.90 Å². The summed E-state index contributed by atoms with van der Waals surface area (Å²) in [5, 5.41) is 8.98. The van der Waals surface area contributed by atoms with E-state index in [0.717, 1.165) is 36.4 Å². The minimum absolute atomic E-state index is 0.0751. The third-order valence-electron chi connectivity index (χ3n) is 3.19. The smallest absolute Gasteiger partial charge is 0.323 e. The minimum Gasteiger partial charge on any atom is -0.480 e. The van der Waals surface area contributed by atoms with E-state index in [2.05, 4.69) is 18.0 Å². The molecule has 4 heteroatoms. The first-order valence-electron chi connectivity index (χ1n) is 5.87. The summed E-state index contributed by atoms with van der Waals surface area (Å²) < 4.78 is 0. The Morgan fingerprint density at radius 1 is 1.41 bits per heavy atom. The third-order valence-corrected chi connectivity index (χ3v) is 3.19. The summed E-state index contributed by atoms with van der Waals surface area (Å²) in [6.07, 6.45) is 0.984. The highest BCUT2D eigenvalue weighted by molar-refractivity contribution is 5.81. The molecule has 0 spiro atoms. The summed E-state index contributed by atoms with van der Waals surface area (Å²) in [5.41, 5.74) is 3.33. The lowest BCUT2D eigenvalue weighted by atomic mass is 10.1. The molecule has 1 aliphatic heterocycles. The number of hydrogen-bond donors (Lipinski definition) is 1. The van der Waals surface area contributed by atoms with Crippen molar-refractivity contribution >= 4 is 17.3 Å². The molecule has 2 rings (SSSR count). The van der Waals surface area contributed by atoms with E-state index in [-0.39, 0.29) is 6.54 Å². The number of para-hydroxylation sites is 1. The predicted molar refractivity (Wildman–Crippen MR) is 68.9 cm³/mol. The zero-order valence-corrected chi connectivity index (χ0v) is 10.3. The molecule has 0 atom stereocenters. The molecule has 0 aliphatic carbocycles. The number of hydrogen-bond acceptors (Lipinski definition) is 3. The van der Waals surface area contributed by atoms with Crippen LogP contribution in [-0.4, -0.2) is 37.8 Å². The molecule has 92 valence electrons. The van der Waals surface area contributed by atoms with E-state index in [1.165, 1.54) is 0 Å². The molecule has 0 unspecified atom stereocenters. The molecular weight excluding hydrogens is 216 g/mol. The van der Waals surface area contributed by atoms with Crippen LogP contribution in [0.15, 0.2) is 18.2 Å². The molecule has 17 heavy (non-hydrogen) atoms. The minimum atomic E-state index is -0.774. The third kappa shape index (κ3) is 2.35. The average molecular weight is 234 g/mol. The molecular formula is C13H18N2O2. The van der Waals surface area contributed by atoms with Crippen LogP contribution in [0.1, 0.15) is 12.0 Å². The molecule has 0 radical (unpaired) electrons. The predicted octanol–water partition coefficient (Wildman–Crippen LogP) is 1.73. The van der Waals surface area contributed by atoms with Crippen molar-refractivity contribution in [1.29, 1.82) is 0 Å². The number of fused-ring (bicyclic) bond motifs is 1. The molecule has 0 amide bonds. The average Bonchev–Trinajstić information content (AvgIpc) is 2.40. The van der Waals surface area contributed by atoms with Crippen LogP contribution in [0.4, 0.5) is 11.4 Å². The van der Waals surface area contributed by atoms with E-state index in [0.29, 0.717) is 0 Å². The number of aryl methyl sites for hydroxylation is 1. The van der Waals surface area contributed by atoms with Gasteiger partial charge >= 0.3 is 5.97 Å². The number of carboxylic acid groups (broad SMARTS) is 1. The Morgan fingerprint density at radius 3 is 2.88 bits per heavy atom. The van der Waals surface area contributed by atoms with Crippen LogP contribution >= 0.6 is 0 Å². The van der Waals surface area contributed by atoms with Crippen LogP contribution in [0.3, 0.4) is 0 Å². The number of nitrogens with zero attached hydrogens (tertiary/aromatic N) is 2. The maximum Gasteiger partial charge on any atom is 0.323 e. The fourth-order valence-electron chi connectivity index (χ4n) is 2.42. The summed E-state index contributed by atoms with van der Waals surface area (Å²) in [7, 11) is 2.06. The Balaban J connectivity index is 2.45. The monoisotopic (exact) mass is 234 g/mol. The fraction of sp³-hybridized carbons (Fsp3) is 0.462. The van der Waals surface area contributed by atoms with E-state index in [1.54, 1.807) is 0 Å². The van der Waals surface area contributed by atoms with E-state index in [1.807, 2.05) is 24.0 Å². The summed E-state index contributed by atoms with van der Waals surface area (Å²) in [5.74, 6) is -0.774. The maximum atomic E-state index is 10.9. The summed E-state index contributed by atoms with van der Waals surface area (Å²) >= 11 is 0. The number of benzene rings is 1. The highest BCUT2D eigenvalue weighted by atomic mass is 16.4. The Morgan fingerprint density at radius 2 is 2.18 bits per heavy atom. The first kappa shape index (κ1) is 11.8. The number of aliphatic carboxylic acids is 1. The molecule has 0 aromatic heterocycles. The van der Waals surface area contributed by atoms with Crippen molar-refractivity contribution in [3.8, 4) is 0 Å². The van der Waals surface area contributed by atoms with Crippen molar-refractivity contribution in [2.75, 3.05) is 36.5 Å². The van der Waals surface area contributed by atoms with E-state index in [9.17, 15) is 4.79 Å². The molecule has 0 fully saturated rings. The van der Waals surface area contributed by atoms with Crippen molar-refractivity contribution in [2.24, 2.45) is 0 Å². The van der Waals surface area contributed by atoms with Gasteiger partial charge in [0.05, 0.1) is 11.4 Å². The lowest BCUT2D eigenvalue weighted by molar-refractivity contribution is -0.135. The van der Waals surface area contributed by atoms with Crippen LogP contribution in [0.5, 0.6) is 0 Å². The SMILES string of the molecule is Cc1cccc2c1N(CC(=O)O)CCCN2C. The van der Waals surface area contributed by atoms with Crippen molar-refractivity contribution in [3.05, 3.63) is 23.8 Å². The van der Waals surface area contributed by atoms with Gasteiger partial charge in [-0.05, 0) is 25.0 Å².